The quantitative estimate of drug-likeness (QED) is 0.0222. The van der Waals surface area contributed by atoms with Crippen LogP contribution in [0.4, 0.5) is 0 Å². The lowest BCUT2D eigenvalue weighted by atomic mass is 10.00. The lowest BCUT2D eigenvalue weighted by molar-refractivity contribution is -0.161. The molecule has 19 heteroatoms. The number of rotatable bonds is 85. The normalized spacial score (nSPS) is 14.1. The van der Waals surface area contributed by atoms with Crippen LogP contribution in [0.5, 0.6) is 0 Å². The molecular formula is C88H172O17P2. The monoisotopic (exact) mass is 1560 g/mol. The average molecular weight is 1560 g/mol. The van der Waals surface area contributed by atoms with Gasteiger partial charge in [0.2, 0.25) is 0 Å². The van der Waals surface area contributed by atoms with Gasteiger partial charge in [-0.25, -0.2) is 9.13 Å². The third-order valence-electron chi connectivity index (χ3n) is 20.9. The molecule has 0 heterocycles. The van der Waals surface area contributed by atoms with E-state index in [1.807, 2.05) is 0 Å². The van der Waals surface area contributed by atoms with Crippen LogP contribution < -0.4 is 0 Å². The Balaban J connectivity index is 5.23. The Bertz CT molecular complexity index is 2080. The number of hydrogen-bond acceptors (Lipinski definition) is 15. The molecule has 636 valence electrons. The summed E-state index contributed by atoms with van der Waals surface area (Å²) in [5.74, 6) is 1.05. The van der Waals surface area contributed by atoms with Gasteiger partial charge in [-0.05, 0) is 49.4 Å². The number of phosphoric ester groups is 2. The van der Waals surface area contributed by atoms with Crippen molar-refractivity contribution < 1.29 is 80.2 Å². The first-order chi connectivity index (χ1) is 51.6. The van der Waals surface area contributed by atoms with E-state index in [0.717, 1.165) is 120 Å². The summed E-state index contributed by atoms with van der Waals surface area (Å²) in [6.07, 6.45) is 66.7. The average Bonchev–Trinajstić information content (AvgIpc) is 0.901. The van der Waals surface area contributed by atoms with E-state index in [2.05, 4.69) is 55.4 Å². The second-order valence-corrected chi connectivity index (χ2v) is 36.2. The second-order valence-electron chi connectivity index (χ2n) is 33.3. The Hall–Kier alpha value is -1.94. The Kier molecular flexibility index (Phi) is 75.3. The Morgan fingerprint density at radius 2 is 0.449 bits per heavy atom. The van der Waals surface area contributed by atoms with Gasteiger partial charge in [0.1, 0.15) is 19.3 Å². The Morgan fingerprint density at radius 1 is 0.262 bits per heavy atom. The fraction of sp³-hybridized carbons (Fsp3) is 0.955. The third-order valence-corrected chi connectivity index (χ3v) is 22.8. The van der Waals surface area contributed by atoms with Crippen LogP contribution in [0.2, 0.25) is 0 Å². The molecule has 3 unspecified atom stereocenters. The van der Waals surface area contributed by atoms with Crippen molar-refractivity contribution in [3.8, 4) is 0 Å². The summed E-state index contributed by atoms with van der Waals surface area (Å²) in [7, 11) is -9.93. The molecule has 6 atom stereocenters. The number of unbranched alkanes of at least 4 members (excludes halogenated alkanes) is 50. The lowest BCUT2D eigenvalue weighted by Crippen LogP contribution is -2.30. The van der Waals surface area contributed by atoms with E-state index >= 15 is 0 Å². The molecule has 107 heavy (non-hydrogen) atoms. The molecule has 3 N–H and O–H groups in total. The molecule has 0 saturated heterocycles. The summed E-state index contributed by atoms with van der Waals surface area (Å²) in [6.45, 7) is 14.3. The van der Waals surface area contributed by atoms with Crippen molar-refractivity contribution in [3.63, 3.8) is 0 Å². The van der Waals surface area contributed by atoms with E-state index in [9.17, 15) is 43.2 Å². The van der Waals surface area contributed by atoms with Gasteiger partial charge in [0.15, 0.2) is 12.2 Å². The summed E-state index contributed by atoms with van der Waals surface area (Å²) < 4.78 is 68.9. The van der Waals surface area contributed by atoms with Gasteiger partial charge >= 0.3 is 39.5 Å². The van der Waals surface area contributed by atoms with Crippen LogP contribution in [0.3, 0.4) is 0 Å². The van der Waals surface area contributed by atoms with Gasteiger partial charge in [-0.2, -0.15) is 0 Å². The predicted octanol–water partition coefficient (Wildman–Crippen LogP) is 26.7. The lowest BCUT2D eigenvalue weighted by Gasteiger charge is -2.21. The molecule has 0 bridgehead atoms. The van der Waals surface area contributed by atoms with Gasteiger partial charge in [-0.3, -0.25) is 37.3 Å². The number of aliphatic hydroxyl groups excluding tert-OH is 1. The molecule has 0 aromatic carbocycles. The minimum atomic E-state index is -4.97. The Morgan fingerprint density at radius 3 is 0.664 bits per heavy atom. The van der Waals surface area contributed by atoms with Crippen molar-refractivity contribution in [2.75, 3.05) is 39.6 Å². The molecular weight excluding hydrogens is 1390 g/mol. The van der Waals surface area contributed by atoms with Gasteiger partial charge in [-0.1, -0.05) is 409 Å². The number of ether oxygens (including phenoxy) is 4. The van der Waals surface area contributed by atoms with Crippen LogP contribution in [0.1, 0.15) is 460 Å². The van der Waals surface area contributed by atoms with Gasteiger partial charge in [0.25, 0.3) is 0 Å². The van der Waals surface area contributed by atoms with Gasteiger partial charge in [0, 0.05) is 25.7 Å². The van der Waals surface area contributed by atoms with E-state index in [4.69, 9.17) is 37.0 Å². The Labute approximate surface area is 658 Å². The molecule has 17 nitrogen and oxygen atoms in total. The molecule has 0 aromatic heterocycles. The second kappa shape index (κ2) is 76.7. The molecule has 0 fully saturated rings. The number of phosphoric acid groups is 2. The summed E-state index contributed by atoms with van der Waals surface area (Å²) in [6, 6.07) is 0. The zero-order valence-electron chi connectivity index (χ0n) is 70.8. The van der Waals surface area contributed by atoms with Gasteiger partial charge in [0.05, 0.1) is 26.4 Å². The molecule has 0 rings (SSSR count). The summed E-state index contributed by atoms with van der Waals surface area (Å²) in [5.41, 5.74) is 0. The standard InChI is InChI=1S/C88H172O17P2/c1-9-81(8)67-59-51-46-47-53-61-69-86(91)99-75-84(105-88(93)71-63-55-45-39-33-27-21-20-24-30-36-42-50-58-66-80(6)7)77-103-107(96,97)101-73-82(89)72-100-106(94,95)102-76-83(104-87(92)70-62-54-44-38-32-26-19-15-14-17-23-29-35-41-49-57-65-79(4)5)74-98-85(90)68-60-52-43-37-31-25-18-13-11-10-12-16-22-28-34-40-48-56-64-78(2)3/h78-84,89H,9-77H2,1-8H3,(H,94,95)(H,96,97)/t81?,82-,83-,84-/m1/s1. The fourth-order valence-corrected chi connectivity index (χ4v) is 15.2. The molecule has 0 saturated carbocycles. The number of hydrogen-bond donors (Lipinski definition) is 3. The summed E-state index contributed by atoms with van der Waals surface area (Å²) in [5, 5.41) is 10.7. The summed E-state index contributed by atoms with van der Waals surface area (Å²) >= 11 is 0. The van der Waals surface area contributed by atoms with E-state index < -0.39 is 97.5 Å². The van der Waals surface area contributed by atoms with Crippen molar-refractivity contribution in [1.82, 2.24) is 0 Å². The third kappa shape index (κ3) is 80.5. The van der Waals surface area contributed by atoms with E-state index in [-0.39, 0.29) is 25.7 Å². The molecule has 0 radical (unpaired) electrons. The molecule has 0 spiro atoms. The highest BCUT2D eigenvalue weighted by atomic mass is 31.2. The van der Waals surface area contributed by atoms with Crippen molar-refractivity contribution in [1.29, 1.82) is 0 Å². The highest BCUT2D eigenvalue weighted by molar-refractivity contribution is 7.47. The highest BCUT2D eigenvalue weighted by Crippen LogP contribution is 2.45. The van der Waals surface area contributed by atoms with E-state index in [1.54, 1.807) is 0 Å². The SMILES string of the molecule is CCC(C)CCCCCCCCC(=O)OC[C@H](COP(=O)(O)OC[C@H](O)COP(=O)(O)OC[C@@H](COC(=O)CCCCCCCCCCCCCCCCCCCCC(C)C)OC(=O)CCCCCCCCCCCCCCCCCCC(C)C)OC(=O)CCCCCCCCCCCCCCCCC(C)C. The molecule has 0 aliphatic carbocycles. The minimum absolute atomic E-state index is 0.107. The maximum Gasteiger partial charge on any atom is 0.472 e. The minimum Gasteiger partial charge on any atom is -0.462 e. The number of esters is 4. The first-order valence-electron chi connectivity index (χ1n) is 45.2. The van der Waals surface area contributed by atoms with Crippen LogP contribution in [-0.2, 0) is 65.4 Å². The van der Waals surface area contributed by atoms with Crippen LogP contribution in [-0.4, -0.2) is 96.7 Å². The maximum absolute atomic E-state index is 13.2. The van der Waals surface area contributed by atoms with Crippen LogP contribution in [0.25, 0.3) is 0 Å². The largest absolute Gasteiger partial charge is 0.472 e. The van der Waals surface area contributed by atoms with Crippen LogP contribution >= 0.6 is 15.6 Å². The number of carbonyl (C=O) groups is 4. The fourth-order valence-electron chi connectivity index (χ4n) is 13.6. The zero-order valence-corrected chi connectivity index (χ0v) is 72.6. The molecule has 0 aromatic rings. The predicted molar refractivity (Wildman–Crippen MR) is 441 cm³/mol. The van der Waals surface area contributed by atoms with Crippen LogP contribution in [0.15, 0.2) is 0 Å². The van der Waals surface area contributed by atoms with Gasteiger partial charge < -0.3 is 33.8 Å². The number of aliphatic hydroxyl groups is 1. The van der Waals surface area contributed by atoms with Crippen LogP contribution in [0, 0.1) is 23.7 Å². The number of carbonyl (C=O) groups excluding carboxylic acids is 4. The summed E-state index contributed by atoms with van der Waals surface area (Å²) in [4.78, 5) is 73.3. The molecule has 0 amide bonds. The van der Waals surface area contributed by atoms with E-state index in [0.29, 0.717) is 25.7 Å². The highest BCUT2D eigenvalue weighted by Gasteiger charge is 2.31. The van der Waals surface area contributed by atoms with Crippen molar-refractivity contribution in [2.45, 2.75) is 478 Å². The van der Waals surface area contributed by atoms with Crippen molar-refractivity contribution in [2.24, 2.45) is 23.7 Å². The maximum atomic E-state index is 13.2. The zero-order chi connectivity index (χ0) is 78.8. The van der Waals surface area contributed by atoms with Crippen molar-refractivity contribution in [3.05, 3.63) is 0 Å². The first kappa shape index (κ1) is 105. The van der Waals surface area contributed by atoms with Gasteiger partial charge in [-0.15, -0.1) is 0 Å². The molecule has 0 aliphatic heterocycles. The smallest absolute Gasteiger partial charge is 0.462 e. The van der Waals surface area contributed by atoms with E-state index in [1.165, 1.54) is 257 Å². The van der Waals surface area contributed by atoms with Crippen molar-refractivity contribution >= 4 is 39.5 Å². The first-order valence-corrected chi connectivity index (χ1v) is 48.2. The molecule has 0 aliphatic rings. The topological polar surface area (TPSA) is 237 Å².